The zero-order chi connectivity index (χ0) is 21.0. The van der Waals surface area contributed by atoms with Gasteiger partial charge in [0.1, 0.15) is 5.82 Å². The molecule has 5 nitrogen and oxygen atoms in total. The summed E-state index contributed by atoms with van der Waals surface area (Å²) >= 11 is 0. The van der Waals surface area contributed by atoms with Crippen molar-refractivity contribution in [3.05, 3.63) is 66.4 Å². The predicted octanol–water partition coefficient (Wildman–Crippen LogP) is 3.92. The molecule has 0 aliphatic carbocycles. The molecule has 3 aromatic rings. The number of hydrogen-bond donors (Lipinski definition) is 1. The van der Waals surface area contributed by atoms with Gasteiger partial charge >= 0.3 is 0 Å². The molecule has 0 radical (unpaired) electrons. The molecular weight excluding hydrogens is 382 g/mol. The minimum atomic E-state index is 0.528. The van der Waals surface area contributed by atoms with E-state index in [0.29, 0.717) is 17.9 Å². The Balaban J connectivity index is 1.32. The first kappa shape index (κ1) is 20.4. The molecule has 0 amide bonds. The summed E-state index contributed by atoms with van der Waals surface area (Å²) in [5.74, 6) is 2.29. The third-order valence-electron chi connectivity index (χ3n) is 7.16. The minimum Gasteiger partial charge on any atom is -0.354 e. The lowest BCUT2D eigenvalue weighted by molar-refractivity contribution is 0.0985. The van der Waals surface area contributed by atoms with Crippen molar-refractivity contribution in [2.45, 2.75) is 31.7 Å². The first-order chi connectivity index (χ1) is 15.3. The molecule has 2 aliphatic rings. The second-order valence-electron chi connectivity index (χ2n) is 9.04. The molecule has 1 N–H and O–H groups in total. The molecule has 31 heavy (non-hydrogen) atoms. The Bertz CT molecular complexity index is 977. The number of piperazine rings is 1. The summed E-state index contributed by atoms with van der Waals surface area (Å²) in [6.45, 7) is 8.93. The van der Waals surface area contributed by atoms with E-state index in [1.54, 1.807) is 0 Å². The molecule has 0 saturated carbocycles. The second kappa shape index (κ2) is 9.33. The van der Waals surface area contributed by atoms with Crippen LogP contribution in [-0.4, -0.2) is 60.2 Å². The fourth-order valence-electron chi connectivity index (χ4n) is 5.51. The predicted molar refractivity (Wildman–Crippen MR) is 128 cm³/mol. The number of piperidine rings is 1. The summed E-state index contributed by atoms with van der Waals surface area (Å²) in [6, 6.07) is 20.0. The average molecular weight is 416 g/mol. The van der Waals surface area contributed by atoms with Crippen LogP contribution in [0.3, 0.4) is 0 Å². The zero-order valence-electron chi connectivity index (χ0n) is 18.5. The summed E-state index contributed by atoms with van der Waals surface area (Å²) in [6.07, 6.45) is 4.44. The lowest BCUT2D eigenvalue weighted by atomic mass is 9.80. The first-order valence-corrected chi connectivity index (χ1v) is 11.8. The Morgan fingerprint density at radius 1 is 0.968 bits per heavy atom. The average Bonchev–Trinajstić information content (AvgIpc) is 2.85. The normalized spacial score (nSPS) is 22.4. The Morgan fingerprint density at radius 3 is 2.58 bits per heavy atom. The lowest BCUT2D eigenvalue weighted by Crippen LogP contribution is -2.56. The number of nitrogens with one attached hydrogen (secondary N) is 1. The van der Waals surface area contributed by atoms with Crippen LogP contribution in [0, 0.1) is 5.92 Å². The lowest BCUT2D eigenvalue weighted by Gasteiger charge is -2.46. The number of fused-ring (bicyclic) bond motifs is 1. The van der Waals surface area contributed by atoms with Gasteiger partial charge in [0.05, 0.1) is 0 Å². The number of nitrogens with zero attached hydrogens (tertiary/aromatic N) is 4. The zero-order valence-corrected chi connectivity index (χ0v) is 18.5. The fourth-order valence-corrected chi connectivity index (χ4v) is 5.51. The maximum atomic E-state index is 4.83. The quantitative estimate of drug-likeness (QED) is 0.684. The summed E-state index contributed by atoms with van der Waals surface area (Å²) in [7, 11) is 0. The number of anilines is 1. The molecule has 3 unspecified atom stereocenters. The maximum Gasteiger partial charge on any atom is 0.161 e. The van der Waals surface area contributed by atoms with Gasteiger partial charge in [0.25, 0.3) is 0 Å². The van der Waals surface area contributed by atoms with Crippen LogP contribution in [0.25, 0.3) is 11.0 Å². The van der Waals surface area contributed by atoms with Gasteiger partial charge in [0.2, 0.25) is 0 Å². The molecular formula is C26H33N5. The van der Waals surface area contributed by atoms with Gasteiger partial charge in [-0.2, -0.15) is 0 Å². The third kappa shape index (κ3) is 4.43. The highest BCUT2D eigenvalue weighted by Gasteiger charge is 2.35. The highest BCUT2D eigenvalue weighted by molar-refractivity contribution is 5.76. The number of rotatable bonds is 5. The molecule has 2 aromatic heterocycles. The second-order valence-corrected chi connectivity index (χ2v) is 9.04. The monoisotopic (exact) mass is 415 g/mol. The van der Waals surface area contributed by atoms with Crippen LogP contribution in [-0.2, 0) is 0 Å². The van der Waals surface area contributed by atoms with E-state index in [9.17, 15) is 0 Å². The van der Waals surface area contributed by atoms with Crippen molar-refractivity contribution >= 4 is 16.9 Å². The van der Waals surface area contributed by atoms with E-state index in [0.717, 1.165) is 49.6 Å². The van der Waals surface area contributed by atoms with E-state index in [2.05, 4.69) is 75.6 Å². The molecule has 0 spiro atoms. The third-order valence-corrected chi connectivity index (χ3v) is 7.16. The van der Waals surface area contributed by atoms with Crippen LogP contribution in [0.1, 0.15) is 31.2 Å². The molecule has 2 aliphatic heterocycles. The van der Waals surface area contributed by atoms with Crippen LogP contribution in [0.2, 0.25) is 0 Å². The van der Waals surface area contributed by atoms with Crippen molar-refractivity contribution in [3.8, 4) is 0 Å². The largest absolute Gasteiger partial charge is 0.354 e. The van der Waals surface area contributed by atoms with Gasteiger partial charge in [-0.3, -0.25) is 4.90 Å². The van der Waals surface area contributed by atoms with E-state index in [-0.39, 0.29) is 0 Å². The van der Waals surface area contributed by atoms with Crippen LogP contribution < -0.4 is 10.2 Å². The molecule has 2 saturated heterocycles. The van der Waals surface area contributed by atoms with Crippen LogP contribution >= 0.6 is 0 Å². The molecule has 162 valence electrons. The van der Waals surface area contributed by atoms with Crippen LogP contribution in [0.15, 0.2) is 60.8 Å². The van der Waals surface area contributed by atoms with Gasteiger partial charge in [-0.1, -0.05) is 37.3 Å². The minimum absolute atomic E-state index is 0.528. The summed E-state index contributed by atoms with van der Waals surface area (Å²) in [5.41, 5.74) is 2.30. The van der Waals surface area contributed by atoms with Crippen molar-refractivity contribution in [1.82, 2.24) is 20.2 Å². The summed E-state index contributed by atoms with van der Waals surface area (Å²) in [4.78, 5) is 14.4. The molecule has 3 atom stereocenters. The van der Waals surface area contributed by atoms with Crippen molar-refractivity contribution < 1.29 is 0 Å². The molecule has 0 bridgehead atoms. The first-order valence-electron chi connectivity index (χ1n) is 11.8. The Kier molecular flexibility index (Phi) is 6.14. The number of aromatic nitrogens is 2. The highest BCUT2D eigenvalue weighted by atomic mass is 15.3. The molecule has 5 rings (SSSR count). The van der Waals surface area contributed by atoms with Gasteiger partial charge in [0.15, 0.2) is 5.65 Å². The smallest absolute Gasteiger partial charge is 0.161 e. The van der Waals surface area contributed by atoms with Crippen molar-refractivity contribution in [2.75, 3.05) is 44.2 Å². The van der Waals surface area contributed by atoms with Gasteiger partial charge in [-0.15, -0.1) is 0 Å². The van der Waals surface area contributed by atoms with Crippen molar-refractivity contribution in [3.63, 3.8) is 0 Å². The van der Waals surface area contributed by atoms with Gasteiger partial charge < -0.3 is 10.2 Å². The number of benzene rings is 1. The standard InChI is InChI=1S/C26H33N5/c1-20(21-7-3-2-4-8-21)25(23-10-5-13-27-19-23)31-17-15-30(16-18-31)24-12-11-22-9-6-14-28-26(22)29-24/h2-4,6-9,11-12,14,20,23,25,27H,5,10,13,15-19H2,1H3. The number of pyridine rings is 2. The van der Waals surface area contributed by atoms with Gasteiger partial charge in [0, 0.05) is 43.8 Å². The Hall–Kier alpha value is -2.50. The van der Waals surface area contributed by atoms with E-state index < -0.39 is 0 Å². The SMILES string of the molecule is CC(c1ccccc1)C(C1CCCNC1)N1CCN(c2ccc3cccnc3n2)CC1. The van der Waals surface area contributed by atoms with Crippen molar-refractivity contribution in [1.29, 1.82) is 0 Å². The van der Waals surface area contributed by atoms with E-state index in [4.69, 9.17) is 4.98 Å². The topological polar surface area (TPSA) is 44.3 Å². The highest BCUT2D eigenvalue weighted by Crippen LogP contribution is 2.33. The van der Waals surface area contributed by atoms with E-state index >= 15 is 0 Å². The Morgan fingerprint density at radius 2 is 1.81 bits per heavy atom. The fraction of sp³-hybridized carbons (Fsp3) is 0.462. The molecule has 2 fully saturated rings. The van der Waals surface area contributed by atoms with Gasteiger partial charge in [-0.25, -0.2) is 9.97 Å². The van der Waals surface area contributed by atoms with Crippen molar-refractivity contribution in [2.24, 2.45) is 5.92 Å². The van der Waals surface area contributed by atoms with Gasteiger partial charge in [-0.05, 0) is 67.6 Å². The Labute approximate surface area is 185 Å². The van der Waals surface area contributed by atoms with Crippen LogP contribution in [0.5, 0.6) is 0 Å². The van der Waals surface area contributed by atoms with E-state index in [1.807, 2.05) is 12.3 Å². The van der Waals surface area contributed by atoms with Crippen LogP contribution in [0.4, 0.5) is 5.82 Å². The molecule has 1 aromatic carbocycles. The number of hydrogen-bond acceptors (Lipinski definition) is 5. The maximum absolute atomic E-state index is 4.83. The summed E-state index contributed by atoms with van der Waals surface area (Å²) in [5, 5.41) is 4.76. The molecule has 4 heterocycles. The summed E-state index contributed by atoms with van der Waals surface area (Å²) < 4.78 is 0. The van der Waals surface area contributed by atoms with E-state index in [1.165, 1.54) is 24.9 Å². The molecule has 5 heteroatoms.